The van der Waals surface area contributed by atoms with Crippen LogP contribution in [0.5, 0.6) is 0 Å². The fraction of sp³-hybridized carbons (Fsp3) is 0.824. The van der Waals surface area contributed by atoms with Crippen molar-refractivity contribution in [1.29, 1.82) is 0 Å². The highest BCUT2D eigenvalue weighted by molar-refractivity contribution is 14.1. The van der Waals surface area contributed by atoms with Gasteiger partial charge in [-0.05, 0) is 40.8 Å². The SMILES string of the molecule is CCCCCCC(C)(CCCCC)c1cnn(C)c1I. The first-order valence-corrected chi connectivity index (χ1v) is 9.31. The van der Waals surface area contributed by atoms with Gasteiger partial charge in [-0.2, -0.15) is 5.10 Å². The van der Waals surface area contributed by atoms with E-state index in [9.17, 15) is 0 Å². The molecule has 1 unspecified atom stereocenters. The maximum Gasteiger partial charge on any atom is 0.102 e. The summed E-state index contributed by atoms with van der Waals surface area (Å²) in [6.45, 7) is 7.02. The molecule has 0 aliphatic rings. The fourth-order valence-corrected chi connectivity index (χ4v) is 3.84. The Morgan fingerprint density at radius 2 is 1.60 bits per heavy atom. The average Bonchev–Trinajstić information content (AvgIpc) is 2.76. The zero-order chi connectivity index (χ0) is 15.0. The Hall–Kier alpha value is -0.0600. The van der Waals surface area contributed by atoms with Crippen molar-refractivity contribution in [2.75, 3.05) is 0 Å². The highest BCUT2D eigenvalue weighted by Gasteiger charge is 2.29. The van der Waals surface area contributed by atoms with Gasteiger partial charge in [-0.1, -0.05) is 65.7 Å². The summed E-state index contributed by atoms with van der Waals surface area (Å²) in [6.07, 6.45) is 14.1. The zero-order valence-electron chi connectivity index (χ0n) is 13.7. The minimum absolute atomic E-state index is 0.313. The normalized spacial score (nSPS) is 14.4. The molecule has 0 N–H and O–H groups in total. The molecule has 0 aromatic carbocycles. The molecular weight excluding hydrogens is 359 g/mol. The Labute approximate surface area is 138 Å². The number of aromatic nitrogens is 2. The van der Waals surface area contributed by atoms with Crippen molar-refractivity contribution in [3.63, 3.8) is 0 Å². The van der Waals surface area contributed by atoms with E-state index in [-0.39, 0.29) is 0 Å². The minimum atomic E-state index is 0.313. The van der Waals surface area contributed by atoms with Gasteiger partial charge in [-0.3, -0.25) is 4.68 Å². The summed E-state index contributed by atoms with van der Waals surface area (Å²) in [6, 6.07) is 0. The Morgan fingerprint density at radius 1 is 1.05 bits per heavy atom. The minimum Gasteiger partial charge on any atom is -0.262 e. The van der Waals surface area contributed by atoms with Gasteiger partial charge in [0.25, 0.3) is 0 Å². The molecule has 116 valence electrons. The summed E-state index contributed by atoms with van der Waals surface area (Å²) >= 11 is 2.46. The van der Waals surface area contributed by atoms with Crippen LogP contribution in [0, 0.1) is 3.70 Å². The van der Waals surface area contributed by atoms with Gasteiger partial charge in [-0.25, -0.2) is 0 Å². The van der Waals surface area contributed by atoms with Crippen LogP contribution in [-0.2, 0) is 12.5 Å². The number of aryl methyl sites for hydroxylation is 1. The number of unbranched alkanes of at least 4 members (excludes halogenated alkanes) is 5. The second-order valence-corrected chi connectivity index (χ2v) is 7.32. The van der Waals surface area contributed by atoms with Gasteiger partial charge >= 0.3 is 0 Å². The molecule has 2 nitrogen and oxygen atoms in total. The van der Waals surface area contributed by atoms with E-state index < -0.39 is 0 Å². The Bertz CT molecular complexity index is 386. The van der Waals surface area contributed by atoms with Crippen LogP contribution in [0.1, 0.15) is 84.1 Å². The number of hydrogen-bond acceptors (Lipinski definition) is 1. The molecule has 0 aliphatic carbocycles. The van der Waals surface area contributed by atoms with E-state index in [0.29, 0.717) is 5.41 Å². The van der Waals surface area contributed by atoms with Gasteiger partial charge in [0.05, 0.1) is 6.20 Å². The van der Waals surface area contributed by atoms with E-state index in [1.165, 1.54) is 67.1 Å². The third kappa shape index (κ3) is 5.05. The van der Waals surface area contributed by atoms with Crippen LogP contribution in [-0.4, -0.2) is 9.78 Å². The number of nitrogens with zero attached hydrogens (tertiary/aromatic N) is 2. The zero-order valence-corrected chi connectivity index (χ0v) is 15.9. The molecule has 20 heavy (non-hydrogen) atoms. The van der Waals surface area contributed by atoms with Gasteiger partial charge in [0.15, 0.2) is 0 Å². The number of halogens is 1. The van der Waals surface area contributed by atoms with E-state index >= 15 is 0 Å². The number of hydrogen-bond donors (Lipinski definition) is 0. The molecule has 1 rings (SSSR count). The summed E-state index contributed by atoms with van der Waals surface area (Å²) in [7, 11) is 2.05. The van der Waals surface area contributed by atoms with Crippen molar-refractivity contribution in [3.05, 3.63) is 15.5 Å². The van der Waals surface area contributed by atoms with Gasteiger partial charge < -0.3 is 0 Å². The second-order valence-electron chi connectivity index (χ2n) is 6.30. The van der Waals surface area contributed by atoms with Gasteiger partial charge in [0.2, 0.25) is 0 Å². The summed E-state index contributed by atoms with van der Waals surface area (Å²) in [4.78, 5) is 0. The lowest BCUT2D eigenvalue weighted by Gasteiger charge is -2.29. The third-order valence-electron chi connectivity index (χ3n) is 4.43. The van der Waals surface area contributed by atoms with Crippen molar-refractivity contribution in [2.24, 2.45) is 7.05 Å². The summed E-state index contributed by atoms with van der Waals surface area (Å²) < 4.78 is 3.33. The van der Waals surface area contributed by atoms with Crippen LogP contribution in [0.2, 0.25) is 0 Å². The highest BCUT2D eigenvalue weighted by atomic mass is 127. The van der Waals surface area contributed by atoms with Crippen LogP contribution < -0.4 is 0 Å². The lowest BCUT2D eigenvalue weighted by Crippen LogP contribution is -2.23. The quantitative estimate of drug-likeness (QED) is 0.363. The topological polar surface area (TPSA) is 17.8 Å². The summed E-state index contributed by atoms with van der Waals surface area (Å²) in [5, 5.41) is 4.46. The molecule has 1 aromatic heterocycles. The van der Waals surface area contributed by atoms with Crippen LogP contribution in [0.25, 0.3) is 0 Å². The van der Waals surface area contributed by atoms with E-state index in [0.717, 1.165) is 0 Å². The predicted octanol–water partition coefficient (Wildman–Crippen LogP) is 5.83. The van der Waals surface area contributed by atoms with Crippen LogP contribution >= 0.6 is 22.6 Å². The lowest BCUT2D eigenvalue weighted by molar-refractivity contribution is 0.364. The lowest BCUT2D eigenvalue weighted by atomic mass is 9.75. The standard InChI is InChI=1S/C17H31IN2/c1-5-7-9-11-13-17(3,12-10-8-6-2)15-14-19-20(4)16(15)18/h14H,5-13H2,1-4H3. The molecule has 0 fully saturated rings. The molecule has 3 heteroatoms. The van der Waals surface area contributed by atoms with Crippen molar-refractivity contribution in [1.82, 2.24) is 9.78 Å². The molecule has 0 spiro atoms. The highest BCUT2D eigenvalue weighted by Crippen LogP contribution is 2.37. The van der Waals surface area contributed by atoms with E-state index in [4.69, 9.17) is 0 Å². The number of rotatable bonds is 10. The largest absolute Gasteiger partial charge is 0.262 e. The summed E-state index contributed by atoms with van der Waals surface area (Å²) in [5.74, 6) is 0. The molecule has 0 bridgehead atoms. The Balaban J connectivity index is 2.74. The van der Waals surface area contributed by atoms with Crippen LogP contribution in [0.15, 0.2) is 6.20 Å². The smallest absolute Gasteiger partial charge is 0.102 e. The van der Waals surface area contributed by atoms with Crippen molar-refractivity contribution in [3.8, 4) is 0 Å². The van der Waals surface area contributed by atoms with E-state index in [1.54, 1.807) is 0 Å². The molecule has 0 saturated carbocycles. The fourth-order valence-electron chi connectivity index (χ4n) is 2.93. The Morgan fingerprint density at radius 3 is 2.10 bits per heavy atom. The van der Waals surface area contributed by atoms with Gasteiger partial charge in [0, 0.05) is 12.6 Å². The van der Waals surface area contributed by atoms with Gasteiger partial charge in [-0.15, -0.1) is 0 Å². The molecule has 1 heterocycles. The second kappa shape index (κ2) is 9.06. The monoisotopic (exact) mass is 390 g/mol. The van der Waals surface area contributed by atoms with Crippen molar-refractivity contribution < 1.29 is 0 Å². The summed E-state index contributed by atoms with van der Waals surface area (Å²) in [5.41, 5.74) is 1.78. The molecule has 0 radical (unpaired) electrons. The Kier molecular flexibility index (Phi) is 8.15. The van der Waals surface area contributed by atoms with Crippen molar-refractivity contribution >= 4 is 22.6 Å². The molecular formula is C17H31IN2. The van der Waals surface area contributed by atoms with Gasteiger partial charge in [0.1, 0.15) is 3.70 Å². The van der Waals surface area contributed by atoms with Crippen molar-refractivity contribution in [2.45, 2.75) is 84.0 Å². The molecule has 1 aromatic rings. The average molecular weight is 390 g/mol. The molecule has 1 atom stereocenters. The molecule has 0 saturated heterocycles. The predicted molar refractivity (Wildman–Crippen MR) is 96.2 cm³/mol. The first kappa shape index (κ1) is 18.0. The van der Waals surface area contributed by atoms with Crippen LogP contribution in [0.4, 0.5) is 0 Å². The van der Waals surface area contributed by atoms with Crippen LogP contribution in [0.3, 0.4) is 0 Å². The molecule has 0 amide bonds. The maximum atomic E-state index is 4.46. The third-order valence-corrected chi connectivity index (χ3v) is 5.71. The van der Waals surface area contributed by atoms with E-state index in [1.807, 2.05) is 4.68 Å². The van der Waals surface area contributed by atoms with E-state index in [2.05, 4.69) is 61.7 Å². The molecule has 0 aliphatic heterocycles. The maximum absolute atomic E-state index is 4.46. The first-order chi connectivity index (χ1) is 9.55. The first-order valence-electron chi connectivity index (χ1n) is 8.23.